The van der Waals surface area contributed by atoms with E-state index in [0.717, 1.165) is 40.1 Å². The predicted molar refractivity (Wildman–Crippen MR) is 109 cm³/mol. The number of hydrogen-bond acceptors (Lipinski definition) is 6. The van der Waals surface area contributed by atoms with Crippen molar-refractivity contribution in [2.75, 3.05) is 11.1 Å². The molecule has 7 heteroatoms. The molecule has 3 aromatic heterocycles. The van der Waals surface area contributed by atoms with Gasteiger partial charge in [-0.05, 0) is 57.2 Å². The monoisotopic (exact) mass is 381 g/mol. The molecular formula is C20H23N5OS. The van der Waals surface area contributed by atoms with Gasteiger partial charge in [0, 0.05) is 22.5 Å². The van der Waals surface area contributed by atoms with Gasteiger partial charge in [-0.15, -0.1) is 11.3 Å². The highest BCUT2D eigenvalue weighted by Gasteiger charge is 2.20. The molecule has 0 atom stereocenters. The van der Waals surface area contributed by atoms with Crippen LogP contribution in [0.1, 0.15) is 58.0 Å². The fourth-order valence-corrected chi connectivity index (χ4v) is 4.61. The van der Waals surface area contributed by atoms with Crippen molar-refractivity contribution in [1.82, 2.24) is 15.0 Å². The molecular weight excluding hydrogens is 358 g/mol. The number of hydrogen-bond donors (Lipinski definition) is 2. The summed E-state index contributed by atoms with van der Waals surface area (Å²) in [5, 5.41) is 3.65. The van der Waals surface area contributed by atoms with E-state index in [1.54, 1.807) is 0 Å². The van der Waals surface area contributed by atoms with Crippen LogP contribution in [0.3, 0.4) is 0 Å². The molecule has 0 saturated carbocycles. The first-order chi connectivity index (χ1) is 13.0. The Morgan fingerprint density at radius 1 is 1.04 bits per heavy atom. The number of nitrogen functional groups attached to an aromatic ring is 1. The summed E-state index contributed by atoms with van der Waals surface area (Å²) in [6.07, 6.45) is 6.91. The van der Waals surface area contributed by atoms with E-state index in [0.29, 0.717) is 16.5 Å². The minimum atomic E-state index is -0.284. The Balaban J connectivity index is 1.69. The van der Waals surface area contributed by atoms with Crippen molar-refractivity contribution in [3.8, 4) is 0 Å². The van der Waals surface area contributed by atoms with Gasteiger partial charge in [0.15, 0.2) is 0 Å². The molecule has 0 bridgehead atoms. The number of aryl methyl sites for hydroxylation is 4. The first-order valence-electron chi connectivity index (χ1n) is 9.35. The van der Waals surface area contributed by atoms with Gasteiger partial charge in [-0.2, -0.15) is 0 Å². The molecule has 0 aromatic carbocycles. The zero-order chi connectivity index (χ0) is 19.0. The average molecular weight is 382 g/mol. The highest BCUT2D eigenvalue weighted by Crippen LogP contribution is 2.35. The summed E-state index contributed by atoms with van der Waals surface area (Å²) in [6.45, 7) is 3.75. The molecule has 0 radical (unpaired) electrons. The van der Waals surface area contributed by atoms with E-state index in [2.05, 4.69) is 21.4 Å². The zero-order valence-corrected chi connectivity index (χ0v) is 16.4. The Labute approximate surface area is 162 Å². The van der Waals surface area contributed by atoms with Crippen molar-refractivity contribution in [2.45, 2.75) is 52.4 Å². The van der Waals surface area contributed by atoms with Gasteiger partial charge in [0.1, 0.15) is 9.71 Å². The number of nitrogens with two attached hydrogens (primary N) is 1. The lowest BCUT2D eigenvalue weighted by Gasteiger charge is -2.12. The van der Waals surface area contributed by atoms with Crippen molar-refractivity contribution in [2.24, 2.45) is 0 Å². The average Bonchev–Trinajstić information content (AvgIpc) is 2.90. The first kappa shape index (κ1) is 17.9. The number of anilines is 2. The van der Waals surface area contributed by atoms with Crippen molar-refractivity contribution in [1.29, 1.82) is 0 Å². The second-order valence-electron chi connectivity index (χ2n) is 7.13. The SMILES string of the molecule is Cc1cc(C)nc(NC(=O)c2sc3nc4c(cc3c2N)CCCCCC4)n1. The summed E-state index contributed by atoms with van der Waals surface area (Å²) >= 11 is 1.34. The number of pyridine rings is 1. The Hall–Kier alpha value is -2.54. The molecule has 0 fully saturated rings. The van der Waals surface area contributed by atoms with Crippen molar-refractivity contribution in [3.05, 3.63) is 39.7 Å². The smallest absolute Gasteiger partial charge is 0.270 e. The third-order valence-electron chi connectivity index (χ3n) is 4.91. The Bertz CT molecular complexity index is 1010. The van der Waals surface area contributed by atoms with E-state index in [1.807, 2.05) is 19.9 Å². The van der Waals surface area contributed by atoms with Crippen LogP contribution in [0, 0.1) is 13.8 Å². The molecule has 6 nitrogen and oxygen atoms in total. The third kappa shape index (κ3) is 3.64. The van der Waals surface area contributed by atoms with Crippen LogP contribution in [0.25, 0.3) is 10.2 Å². The number of amides is 1. The van der Waals surface area contributed by atoms with E-state index in [1.165, 1.54) is 42.6 Å². The largest absolute Gasteiger partial charge is 0.397 e. The molecule has 3 N–H and O–H groups in total. The summed E-state index contributed by atoms with van der Waals surface area (Å²) in [6, 6.07) is 4.00. The van der Waals surface area contributed by atoms with Crippen LogP contribution >= 0.6 is 11.3 Å². The van der Waals surface area contributed by atoms with Crippen molar-refractivity contribution >= 4 is 39.1 Å². The van der Waals surface area contributed by atoms with Gasteiger partial charge >= 0.3 is 0 Å². The maximum Gasteiger partial charge on any atom is 0.270 e. The normalized spacial score (nSPS) is 14.4. The summed E-state index contributed by atoms with van der Waals surface area (Å²) in [4.78, 5) is 27.5. The van der Waals surface area contributed by atoms with Gasteiger partial charge in [-0.3, -0.25) is 10.1 Å². The molecule has 0 spiro atoms. The maximum atomic E-state index is 12.8. The summed E-state index contributed by atoms with van der Waals surface area (Å²) in [5.74, 6) is 0.0162. The molecule has 0 saturated heterocycles. The summed E-state index contributed by atoms with van der Waals surface area (Å²) in [5.41, 5.74) is 10.9. The fraction of sp³-hybridized carbons (Fsp3) is 0.400. The van der Waals surface area contributed by atoms with E-state index < -0.39 is 0 Å². The topological polar surface area (TPSA) is 93.8 Å². The molecule has 3 aromatic rings. The van der Waals surface area contributed by atoms with Crippen LogP contribution in [0.2, 0.25) is 0 Å². The molecule has 1 aliphatic carbocycles. The number of nitrogens with zero attached hydrogens (tertiary/aromatic N) is 3. The van der Waals surface area contributed by atoms with Gasteiger partial charge in [0.2, 0.25) is 5.95 Å². The van der Waals surface area contributed by atoms with Crippen LogP contribution in [0.5, 0.6) is 0 Å². The Morgan fingerprint density at radius 3 is 2.48 bits per heavy atom. The van der Waals surface area contributed by atoms with Crippen LogP contribution in [-0.4, -0.2) is 20.9 Å². The van der Waals surface area contributed by atoms with E-state index >= 15 is 0 Å². The van der Waals surface area contributed by atoms with Gasteiger partial charge in [-0.25, -0.2) is 15.0 Å². The van der Waals surface area contributed by atoms with Crippen LogP contribution < -0.4 is 11.1 Å². The van der Waals surface area contributed by atoms with Crippen LogP contribution in [-0.2, 0) is 12.8 Å². The van der Waals surface area contributed by atoms with Gasteiger partial charge < -0.3 is 5.73 Å². The number of thiophene rings is 1. The number of nitrogens with one attached hydrogen (secondary N) is 1. The molecule has 0 unspecified atom stereocenters. The molecule has 27 heavy (non-hydrogen) atoms. The lowest BCUT2D eigenvalue weighted by atomic mass is 9.96. The lowest BCUT2D eigenvalue weighted by Crippen LogP contribution is -2.15. The molecule has 1 aliphatic rings. The van der Waals surface area contributed by atoms with Gasteiger partial charge in [-0.1, -0.05) is 12.8 Å². The molecule has 1 amide bonds. The van der Waals surface area contributed by atoms with E-state index in [-0.39, 0.29) is 5.91 Å². The molecule has 4 rings (SSSR count). The molecule has 0 aliphatic heterocycles. The minimum absolute atomic E-state index is 0.284. The number of carbonyl (C=O) groups excluding carboxylic acids is 1. The quantitative estimate of drug-likeness (QED) is 0.694. The van der Waals surface area contributed by atoms with Crippen LogP contribution in [0.4, 0.5) is 11.6 Å². The standard InChI is InChI=1S/C20H23N5OS/c1-11-9-12(2)23-20(22-11)25-18(26)17-16(21)14-10-13-7-5-3-4-6-8-15(13)24-19(14)27-17/h9-10H,3-8,21H2,1-2H3,(H,22,23,25,26). The highest BCUT2D eigenvalue weighted by molar-refractivity contribution is 7.21. The zero-order valence-electron chi connectivity index (χ0n) is 15.6. The number of aromatic nitrogens is 3. The third-order valence-corrected chi connectivity index (χ3v) is 6.03. The molecule has 3 heterocycles. The Morgan fingerprint density at radius 2 is 1.74 bits per heavy atom. The predicted octanol–water partition coefficient (Wildman–Crippen LogP) is 4.20. The highest BCUT2D eigenvalue weighted by atomic mass is 32.1. The second kappa shape index (κ2) is 7.23. The molecule has 140 valence electrons. The summed E-state index contributed by atoms with van der Waals surface area (Å²) < 4.78 is 0. The van der Waals surface area contributed by atoms with Crippen molar-refractivity contribution < 1.29 is 4.79 Å². The van der Waals surface area contributed by atoms with Crippen LogP contribution in [0.15, 0.2) is 12.1 Å². The minimum Gasteiger partial charge on any atom is -0.397 e. The second-order valence-corrected chi connectivity index (χ2v) is 8.13. The summed E-state index contributed by atoms with van der Waals surface area (Å²) in [7, 11) is 0. The fourth-order valence-electron chi connectivity index (χ4n) is 3.62. The lowest BCUT2D eigenvalue weighted by molar-refractivity contribution is 0.103. The van der Waals surface area contributed by atoms with E-state index in [9.17, 15) is 4.79 Å². The number of fused-ring (bicyclic) bond motifs is 2. The Kier molecular flexibility index (Phi) is 4.78. The number of rotatable bonds is 2. The number of carbonyl (C=O) groups is 1. The van der Waals surface area contributed by atoms with Gasteiger partial charge in [0.05, 0.1) is 5.69 Å². The first-order valence-corrected chi connectivity index (χ1v) is 10.2. The van der Waals surface area contributed by atoms with E-state index in [4.69, 9.17) is 10.7 Å². The van der Waals surface area contributed by atoms with Gasteiger partial charge in [0.25, 0.3) is 5.91 Å². The maximum absolute atomic E-state index is 12.8. The van der Waals surface area contributed by atoms with Crippen molar-refractivity contribution in [3.63, 3.8) is 0 Å².